The Hall–Kier alpha value is -2.94. The molecule has 2 aromatic heterocycles. The van der Waals surface area contributed by atoms with Crippen LogP contribution < -0.4 is 4.90 Å². The summed E-state index contributed by atoms with van der Waals surface area (Å²) in [6.07, 6.45) is 1.91. The second-order valence-corrected chi connectivity index (χ2v) is 4.62. The number of para-hydroxylation sites is 1. The van der Waals surface area contributed by atoms with E-state index in [0.717, 1.165) is 17.2 Å². The molecular weight excluding hydrogens is 264 g/mol. The van der Waals surface area contributed by atoms with Crippen LogP contribution in [0.25, 0.3) is 5.78 Å². The molecule has 0 unspecified atom stereocenters. The summed E-state index contributed by atoms with van der Waals surface area (Å²) in [5.74, 6) is 1.42. The molecule has 0 spiro atoms. The topological polar surface area (TPSA) is 70.1 Å². The fraction of sp³-hybridized carbons (Fsp3) is 0.200. The smallest absolute Gasteiger partial charge is 0.254 e. The first-order chi connectivity index (χ1) is 10.3. The van der Waals surface area contributed by atoms with E-state index in [0.29, 0.717) is 18.7 Å². The average Bonchev–Trinajstić information content (AvgIpc) is 2.96. The van der Waals surface area contributed by atoms with Crippen molar-refractivity contribution >= 4 is 17.3 Å². The molecule has 0 aliphatic carbocycles. The molecule has 6 heteroatoms. The van der Waals surface area contributed by atoms with Gasteiger partial charge < -0.3 is 4.90 Å². The minimum absolute atomic E-state index is 0.423. The largest absolute Gasteiger partial charge is 0.325 e. The van der Waals surface area contributed by atoms with Crippen molar-refractivity contribution < 1.29 is 0 Å². The minimum atomic E-state index is 0.423. The van der Waals surface area contributed by atoms with E-state index in [2.05, 4.69) is 26.0 Å². The Morgan fingerprint density at radius 1 is 1.29 bits per heavy atom. The molecule has 6 nitrogen and oxygen atoms in total. The zero-order valence-electron chi connectivity index (χ0n) is 11.6. The maximum atomic E-state index is 8.91. The molecule has 1 aromatic carbocycles. The van der Waals surface area contributed by atoms with Crippen LogP contribution in [-0.2, 0) is 0 Å². The lowest BCUT2D eigenvalue weighted by molar-refractivity contribution is 0.851. The van der Waals surface area contributed by atoms with Gasteiger partial charge in [0.15, 0.2) is 0 Å². The quantitative estimate of drug-likeness (QED) is 0.733. The first-order valence-electron chi connectivity index (χ1n) is 6.66. The van der Waals surface area contributed by atoms with Crippen molar-refractivity contribution in [1.29, 1.82) is 5.26 Å². The van der Waals surface area contributed by atoms with Gasteiger partial charge in [-0.1, -0.05) is 18.2 Å². The van der Waals surface area contributed by atoms with Gasteiger partial charge in [-0.05, 0) is 19.1 Å². The lowest BCUT2D eigenvalue weighted by atomic mass is 10.2. The number of aromatic nitrogens is 4. The molecular formula is C15H14N6. The molecule has 2 heterocycles. The average molecular weight is 278 g/mol. The van der Waals surface area contributed by atoms with E-state index in [1.165, 1.54) is 6.33 Å². The molecule has 3 rings (SSSR count). The number of fused-ring (bicyclic) bond motifs is 1. The number of aryl methyl sites for hydroxylation is 1. The van der Waals surface area contributed by atoms with Crippen molar-refractivity contribution in [1.82, 2.24) is 19.6 Å². The molecule has 0 saturated carbocycles. The SMILES string of the molecule is Cc1cc(N(CCC#N)c2ccccc2)n2ncnc2n1. The Balaban J connectivity index is 2.14. The maximum Gasteiger partial charge on any atom is 0.254 e. The number of hydrogen-bond acceptors (Lipinski definition) is 5. The Labute approximate surface area is 122 Å². The fourth-order valence-corrected chi connectivity index (χ4v) is 2.25. The standard InChI is InChI=1S/C15H14N6/c1-12-10-14(21-15(19-12)17-11-18-21)20(9-5-8-16)13-6-3-2-4-7-13/h2-4,6-7,10-11H,5,9H2,1H3. The second-order valence-electron chi connectivity index (χ2n) is 4.62. The van der Waals surface area contributed by atoms with Crippen LogP contribution in [0.5, 0.6) is 0 Å². The first-order valence-corrected chi connectivity index (χ1v) is 6.66. The van der Waals surface area contributed by atoms with Gasteiger partial charge in [0.1, 0.15) is 12.1 Å². The zero-order valence-corrected chi connectivity index (χ0v) is 11.6. The van der Waals surface area contributed by atoms with E-state index >= 15 is 0 Å². The van der Waals surface area contributed by atoms with Crippen molar-refractivity contribution in [3.05, 3.63) is 48.4 Å². The van der Waals surface area contributed by atoms with E-state index in [-0.39, 0.29) is 0 Å². The van der Waals surface area contributed by atoms with Crippen LogP contribution in [0.1, 0.15) is 12.1 Å². The predicted octanol–water partition coefficient (Wildman–Crippen LogP) is 2.48. The summed E-state index contributed by atoms with van der Waals surface area (Å²) < 4.78 is 1.69. The molecule has 0 aliphatic heterocycles. The van der Waals surface area contributed by atoms with Gasteiger partial charge in [-0.2, -0.15) is 19.9 Å². The third kappa shape index (κ3) is 2.54. The number of anilines is 2. The third-order valence-electron chi connectivity index (χ3n) is 3.15. The normalized spacial score (nSPS) is 10.5. The monoisotopic (exact) mass is 278 g/mol. The number of benzene rings is 1. The van der Waals surface area contributed by atoms with Crippen molar-refractivity contribution in [3.8, 4) is 6.07 Å². The van der Waals surface area contributed by atoms with Crippen LogP contribution in [-0.4, -0.2) is 26.1 Å². The summed E-state index contributed by atoms with van der Waals surface area (Å²) in [6.45, 7) is 2.50. The van der Waals surface area contributed by atoms with Gasteiger partial charge in [0.25, 0.3) is 5.78 Å². The molecule has 0 atom stereocenters. The number of rotatable bonds is 4. The van der Waals surface area contributed by atoms with Gasteiger partial charge in [0.2, 0.25) is 0 Å². The van der Waals surface area contributed by atoms with E-state index < -0.39 is 0 Å². The van der Waals surface area contributed by atoms with Gasteiger partial charge in [0, 0.05) is 24.0 Å². The van der Waals surface area contributed by atoms with Crippen LogP contribution in [0, 0.1) is 18.3 Å². The van der Waals surface area contributed by atoms with Gasteiger partial charge in [-0.25, -0.2) is 4.98 Å². The van der Waals surface area contributed by atoms with E-state index in [4.69, 9.17) is 5.26 Å². The van der Waals surface area contributed by atoms with Crippen LogP contribution >= 0.6 is 0 Å². The summed E-state index contributed by atoms with van der Waals surface area (Å²) in [5, 5.41) is 13.1. The lowest BCUT2D eigenvalue weighted by Gasteiger charge is -2.24. The summed E-state index contributed by atoms with van der Waals surface area (Å²) in [4.78, 5) is 10.6. The summed E-state index contributed by atoms with van der Waals surface area (Å²) in [7, 11) is 0. The molecule has 0 bridgehead atoms. The Morgan fingerprint density at radius 2 is 2.10 bits per heavy atom. The second kappa shape index (κ2) is 5.59. The molecule has 0 aliphatic rings. The minimum Gasteiger partial charge on any atom is -0.325 e. The van der Waals surface area contributed by atoms with Gasteiger partial charge >= 0.3 is 0 Å². The molecule has 3 aromatic rings. The molecule has 0 saturated heterocycles. The van der Waals surface area contributed by atoms with Gasteiger partial charge in [-0.3, -0.25) is 0 Å². The Bertz CT molecular complexity index is 787. The summed E-state index contributed by atoms with van der Waals surface area (Å²) >= 11 is 0. The molecule has 0 N–H and O–H groups in total. The van der Waals surface area contributed by atoms with Crippen LogP contribution in [0.2, 0.25) is 0 Å². The third-order valence-corrected chi connectivity index (χ3v) is 3.15. The highest BCUT2D eigenvalue weighted by molar-refractivity contribution is 5.62. The number of nitrogens with zero attached hydrogens (tertiary/aromatic N) is 6. The highest BCUT2D eigenvalue weighted by Crippen LogP contribution is 2.25. The van der Waals surface area contributed by atoms with E-state index in [1.807, 2.05) is 43.3 Å². The van der Waals surface area contributed by atoms with Crippen LogP contribution in [0.3, 0.4) is 0 Å². The zero-order chi connectivity index (χ0) is 14.7. The molecule has 0 amide bonds. The Morgan fingerprint density at radius 3 is 2.86 bits per heavy atom. The predicted molar refractivity (Wildman–Crippen MR) is 79.2 cm³/mol. The van der Waals surface area contributed by atoms with Gasteiger partial charge in [-0.15, -0.1) is 0 Å². The van der Waals surface area contributed by atoms with Gasteiger partial charge in [0.05, 0.1) is 12.5 Å². The Kier molecular flexibility index (Phi) is 3.48. The lowest BCUT2D eigenvalue weighted by Crippen LogP contribution is -2.21. The van der Waals surface area contributed by atoms with E-state index in [1.54, 1.807) is 4.52 Å². The molecule has 21 heavy (non-hydrogen) atoms. The fourth-order valence-electron chi connectivity index (χ4n) is 2.25. The maximum absolute atomic E-state index is 8.91. The van der Waals surface area contributed by atoms with Crippen molar-refractivity contribution in [3.63, 3.8) is 0 Å². The van der Waals surface area contributed by atoms with Crippen LogP contribution in [0.15, 0.2) is 42.7 Å². The van der Waals surface area contributed by atoms with Crippen LogP contribution in [0.4, 0.5) is 11.5 Å². The van der Waals surface area contributed by atoms with Crippen molar-refractivity contribution in [2.45, 2.75) is 13.3 Å². The number of hydrogen-bond donors (Lipinski definition) is 0. The molecule has 104 valence electrons. The summed E-state index contributed by atoms with van der Waals surface area (Å²) in [6, 6.07) is 14.1. The highest BCUT2D eigenvalue weighted by atomic mass is 15.4. The summed E-state index contributed by atoms with van der Waals surface area (Å²) in [5.41, 5.74) is 1.87. The molecule has 0 radical (unpaired) electrons. The van der Waals surface area contributed by atoms with E-state index in [9.17, 15) is 0 Å². The van der Waals surface area contributed by atoms with Crippen molar-refractivity contribution in [2.24, 2.45) is 0 Å². The first kappa shape index (κ1) is 13.1. The van der Waals surface area contributed by atoms with Crippen molar-refractivity contribution in [2.75, 3.05) is 11.4 Å². The molecule has 0 fully saturated rings. The highest BCUT2D eigenvalue weighted by Gasteiger charge is 2.14. The number of nitriles is 1.